The van der Waals surface area contributed by atoms with Crippen LogP contribution in [0, 0.1) is 0 Å². The Morgan fingerprint density at radius 1 is 1.33 bits per heavy atom. The molecule has 0 radical (unpaired) electrons. The molecule has 5 heteroatoms. The van der Waals surface area contributed by atoms with Gasteiger partial charge in [-0.05, 0) is 5.56 Å². The number of rotatable bonds is 4. The van der Waals surface area contributed by atoms with E-state index in [1.165, 1.54) is 0 Å². The summed E-state index contributed by atoms with van der Waals surface area (Å²) >= 11 is 3.02. The zero-order valence-electron chi connectivity index (χ0n) is 8.30. The van der Waals surface area contributed by atoms with Gasteiger partial charge < -0.3 is 5.11 Å². The molecule has 0 aliphatic heterocycles. The van der Waals surface area contributed by atoms with E-state index in [1.54, 1.807) is 31.2 Å². The first-order valence-electron chi connectivity index (χ1n) is 4.57. The van der Waals surface area contributed by atoms with E-state index in [9.17, 15) is 13.5 Å². The summed E-state index contributed by atoms with van der Waals surface area (Å²) in [5, 5.41) is 9.83. The highest BCUT2D eigenvalue weighted by Gasteiger charge is 2.29. The maximum Gasteiger partial charge on any atom is 0.165 e. The largest absolute Gasteiger partial charge is 0.386 e. The van der Waals surface area contributed by atoms with Crippen LogP contribution in [0.3, 0.4) is 0 Å². The smallest absolute Gasteiger partial charge is 0.165 e. The number of hydrogen-bond acceptors (Lipinski definition) is 3. The number of hydrogen-bond donors (Lipinski definition) is 1. The van der Waals surface area contributed by atoms with Crippen LogP contribution >= 0.6 is 15.9 Å². The molecule has 0 amide bonds. The van der Waals surface area contributed by atoms with E-state index in [1.807, 2.05) is 6.07 Å². The van der Waals surface area contributed by atoms with Crippen LogP contribution in [0.4, 0.5) is 0 Å². The number of aliphatic hydroxyl groups is 1. The summed E-state index contributed by atoms with van der Waals surface area (Å²) in [5.41, 5.74) is 0.594. The summed E-state index contributed by atoms with van der Waals surface area (Å²) < 4.78 is 22.1. The molecule has 0 spiro atoms. The molecule has 0 saturated carbocycles. The minimum atomic E-state index is -3.28. The molecule has 1 rings (SSSR count). The number of benzene rings is 1. The van der Waals surface area contributed by atoms with E-state index in [0.29, 0.717) is 5.56 Å². The Balaban J connectivity index is 2.92. The van der Waals surface area contributed by atoms with Gasteiger partial charge in [0.05, 0.1) is 0 Å². The van der Waals surface area contributed by atoms with Crippen molar-refractivity contribution in [2.45, 2.75) is 17.2 Å². The predicted molar refractivity (Wildman–Crippen MR) is 63.6 cm³/mol. The molecule has 1 N–H and O–H groups in total. The van der Waals surface area contributed by atoms with E-state index in [4.69, 9.17) is 0 Å². The third-order valence-corrected chi connectivity index (χ3v) is 6.09. The fourth-order valence-corrected chi connectivity index (χ4v) is 3.12. The molecule has 0 aliphatic rings. The number of aliphatic hydroxyl groups excluding tert-OH is 1. The SMILES string of the molecule is CCS(=O)(=O)C(Br)C(O)c1ccccc1. The lowest BCUT2D eigenvalue weighted by molar-refractivity contribution is 0.195. The van der Waals surface area contributed by atoms with Gasteiger partial charge in [-0.2, -0.15) is 0 Å². The molecule has 15 heavy (non-hydrogen) atoms. The molecule has 0 fully saturated rings. The molecule has 0 aromatic heterocycles. The second-order valence-electron chi connectivity index (χ2n) is 3.16. The molecule has 0 aliphatic carbocycles. The molecule has 0 saturated heterocycles. The lowest BCUT2D eigenvalue weighted by atomic mass is 10.1. The maximum atomic E-state index is 11.5. The second-order valence-corrected chi connectivity index (χ2v) is 7.16. The fourth-order valence-electron chi connectivity index (χ4n) is 1.16. The van der Waals surface area contributed by atoms with Crippen molar-refractivity contribution in [3.05, 3.63) is 35.9 Å². The van der Waals surface area contributed by atoms with E-state index in [2.05, 4.69) is 15.9 Å². The van der Waals surface area contributed by atoms with Gasteiger partial charge in [0.1, 0.15) is 10.3 Å². The third-order valence-electron chi connectivity index (χ3n) is 2.13. The highest BCUT2D eigenvalue weighted by Crippen LogP contribution is 2.26. The van der Waals surface area contributed by atoms with E-state index >= 15 is 0 Å². The van der Waals surface area contributed by atoms with Gasteiger partial charge in [0.15, 0.2) is 9.84 Å². The Morgan fingerprint density at radius 3 is 2.33 bits per heavy atom. The van der Waals surface area contributed by atoms with Crippen LogP contribution in [0.5, 0.6) is 0 Å². The van der Waals surface area contributed by atoms with Crippen molar-refractivity contribution in [3.8, 4) is 0 Å². The van der Waals surface area contributed by atoms with E-state index in [-0.39, 0.29) is 5.75 Å². The van der Waals surface area contributed by atoms with Crippen LogP contribution in [0.25, 0.3) is 0 Å². The van der Waals surface area contributed by atoms with Crippen molar-refractivity contribution < 1.29 is 13.5 Å². The first kappa shape index (κ1) is 12.7. The molecular weight excluding hydrogens is 280 g/mol. The quantitative estimate of drug-likeness (QED) is 0.862. The Kier molecular flexibility index (Phi) is 4.31. The molecule has 2 atom stereocenters. The van der Waals surface area contributed by atoms with Crippen molar-refractivity contribution >= 4 is 25.8 Å². The minimum Gasteiger partial charge on any atom is -0.386 e. The number of sulfone groups is 1. The molecular formula is C10H13BrO3S. The van der Waals surface area contributed by atoms with Crippen LogP contribution in [0.2, 0.25) is 0 Å². The van der Waals surface area contributed by atoms with Gasteiger partial charge in [-0.3, -0.25) is 0 Å². The van der Waals surface area contributed by atoms with Gasteiger partial charge in [-0.25, -0.2) is 8.42 Å². The van der Waals surface area contributed by atoms with E-state index < -0.39 is 20.1 Å². The predicted octanol–water partition coefficient (Wildman–Crippen LogP) is 1.88. The average Bonchev–Trinajstić information content (AvgIpc) is 2.28. The lowest BCUT2D eigenvalue weighted by Gasteiger charge is -2.17. The average molecular weight is 293 g/mol. The molecule has 84 valence electrons. The minimum absolute atomic E-state index is 0.00676. The molecule has 1 aromatic carbocycles. The zero-order chi connectivity index (χ0) is 11.5. The zero-order valence-corrected chi connectivity index (χ0v) is 10.7. The Hall–Kier alpha value is -0.390. The molecule has 0 heterocycles. The van der Waals surface area contributed by atoms with Crippen LogP contribution < -0.4 is 0 Å². The van der Waals surface area contributed by atoms with Gasteiger partial charge in [0.25, 0.3) is 0 Å². The summed E-state index contributed by atoms with van der Waals surface area (Å²) in [6, 6.07) is 8.73. The third kappa shape index (κ3) is 3.03. The summed E-state index contributed by atoms with van der Waals surface area (Å²) in [6.07, 6.45) is -1.03. The van der Waals surface area contributed by atoms with Gasteiger partial charge in [0.2, 0.25) is 0 Å². The van der Waals surface area contributed by atoms with Crippen molar-refractivity contribution in [1.82, 2.24) is 0 Å². The van der Waals surface area contributed by atoms with Crippen LogP contribution in [-0.4, -0.2) is 23.4 Å². The summed E-state index contributed by atoms with van der Waals surface area (Å²) in [5.74, 6) is 0.00676. The fraction of sp³-hybridized carbons (Fsp3) is 0.400. The van der Waals surface area contributed by atoms with Crippen molar-refractivity contribution in [1.29, 1.82) is 0 Å². The van der Waals surface area contributed by atoms with Crippen LogP contribution in [-0.2, 0) is 9.84 Å². The van der Waals surface area contributed by atoms with Crippen LogP contribution in [0.1, 0.15) is 18.6 Å². The molecule has 3 nitrogen and oxygen atoms in total. The van der Waals surface area contributed by atoms with Crippen molar-refractivity contribution in [2.24, 2.45) is 0 Å². The van der Waals surface area contributed by atoms with Gasteiger partial charge in [-0.15, -0.1) is 0 Å². The van der Waals surface area contributed by atoms with Crippen LogP contribution in [0.15, 0.2) is 30.3 Å². The molecule has 2 unspecified atom stereocenters. The van der Waals surface area contributed by atoms with Crippen molar-refractivity contribution in [2.75, 3.05) is 5.75 Å². The Labute approximate surface area is 98.2 Å². The van der Waals surface area contributed by atoms with Gasteiger partial charge in [0, 0.05) is 5.75 Å². The standard InChI is InChI=1S/C10H13BrO3S/c1-2-15(13,14)10(11)9(12)8-6-4-3-5-7-8/h3-7,9-10,12H,2H2,1H3. The van der Waals surface area contributed by atoms with E-state index in [0.717, 1.165) is 0 Å². The van der Waals surface area contributed by atoms with Gasteiger partial charge in [-0.1, -0.05) is 53.2 Å². The number of halogens is 1. The summed E-state index contributed by atoms with van der Waals surface area (Å²) in [7, 11) is -3.28. The number of alkyl halides is 1. The Bertz CT molecular complexity index is 402. The highest BCUT2D eigenvalue weighted by atomic mass is 79.9. The molecule has 0 bridgehead atoms. The molecule has 1 aromatic rings. The maximum absolute atomic E-state index is 11.5. The normalized spacial score (nSPS) is 15.9. The lowest BCUT2D eigenvalue weighted by Crippen LogP contribution is -2.24. The first-order valence-corrected chi connectivity index (χ1v) is 7.21. The summed E-state index contributed by atoms with van der Waals surface area (Å²) in [4.78, 5) is 0. The van der Waals surface area contributed by atoms with Crippen molar-refractivity contribution in [3.63, 3.8) is 0 Å². The monoisotopic (exact) mass is 292 g/mol. The van der Waals surface area contributed by atoms with Gasteiger partial charge >= 0.3 is 0 Å². The Morgan fingerprint density at radius 2 is 1.87 bits per heavy atom. The second kappa shape index (κ2) is 5.09. The first-order chi connectivity index (χ1) is 6.99. The summed E-state index contributed by atoms with van der Waals surface area (Å²) in [6.45, 7) is 1.56. The highest BCUT2D eigenvalue weighted by molar-refractivity contribution is 9.11. The topological polar surface area (TPSA) is 54.4 Å².